The van der Waals surface area contributed by atoms with Crippen LogP contribution in [0.4, 0.5) is 5.69 Å². The Morgan fingerprint density at radius 2 is 1.97 bits per heavy atom. The first-order valence-corrected chi connectivity index (χ1v) is 9.78. The van der Waals surface area contributed by atoms with Gasteiger partial charge in [-0.1, -0.05) is 24.3 Å². The van der Waals surface area contributed by atoms with E-state index in [0.29, 0.717) is 23.8 Å². The van der Waals surface area contributed by atoms with Gasteiger partial charge in [-0.25, -0.2) is 0 Å². The third kappa shape index (κ3) is 6.30. The Balaban J connectivity index is 1.71. The second kappa shape index (κ2) is 10.6. The molecular weight excluding hydrogens is 368 g/mol. The maximum atomic E-state index is 12.7. The molecule has 0 radical (unpaired) electrons. The van der Waals surface area contributed by atoms with Gasteiger partial charge in [-0.2, -0.15) is 0 Å². The summed E-state index contributed by atoms with van der Waals surface area (Å²) in [5, 5.41) is 6.16. The molecule has 0 unspecified atom stereocenters. The van der Waals surface area contributed by atoms with Crippen LogP contribution in [0.5, 0.6) is 5.75 Å². The number of hydrogen-bond acceptors (Lipinski definition) is 5. The molecule has 2 N–H and O–H groups in total. The number of morpholine rings is 1. The number of rotatable bonds is 6. The molecule has 1 aliphatic heterocycles. The number of anilines is 1. The van der Waals surface area contributed by atoms with E-state index in [1.165, 1.54) is 0 Å². The number of amides is 1. The number of guanidine groups is 1. The van der Waals surface area contributed by atoms with E-state index in [2.05, 4.69) is 20.5 Å². The summed E-state index contributed by atoms with van der Waals surface area (Å²) < 4.78 is 10.6. The van der Waals surface area contributed by atoms with Crippen molar-refractivity contribution in [1.82, 2.24) is 10.2 Å². The second-order valence-electron chi connectivity index (χ2n) is 6.81. The maximum Gasteiger partial charge on any atom is 0.258 e. The van der Waals surface area contributed by atoms with Crippen LogP contribution in [-0.4, -0.2) is 63.3 Å². The van der Waals surface area contributed by atoms with Gasteiger partial charge in [0.2, 0.25) is 5.96 Å². The summed E-state index contributed by atoms with van der Waals surface area (Å²) in [5.41, 5.74) is 2.49. The Bertz CT molecular complexity index is 847. The van der Waals surface area contributed by atoms with Crippen LogP contribution in [0.3, 0.4) is 0 Å². The molecule has 3 rings (SSSR count). The third-order valence-electron chi connectivity index (χ3n) is 4.75. The quantitative estimate of drug-likeness (QED) is 0.580. The van der Waals surface area contributed by atoms with E-state index in [1.54, 1.807) is 31.4 Å². The molecule has 1 fully saturated rings. The van der Waals surface area contributed by atoms with Crippen molar-refractivity contribution in [3.63, 3.8) is 0 Å². The molecule has 29 heavy (non-hydrogen) atoms. The number of hydrogen-bond donors (Lipinski definition) is 2. The summed E-state index contributed by atoms with van der Waals surface area (Å²) in [6.07, 6.45) is 0. The molecule has 1 aliphatic rings. The van der Waals surface area contributed by atoms with Crippen LogP contribution >= 0.6 is 0 Å². The van der Waals surface area contributed by atoms with Gasteiger partial charge in [-0.05, 0) is 36.8 Å². The highest BCUT2D eigenvalue weighted by molar-refractivity contribution is 6.10. The fourth-order valence-electron chi connectivity index (χ4n) is 3.02. The average molecular weight is 396 g/mol. The first kappa shape index (κ1) is 20.8. The zero-order valence-corrected chi connectivity index (χ0v) is 17.0. The minimum Gasteiger partial charge on any atom is -0.497 e. The van der Waals surface area contributed by atoms with Gasteiger partial charge in [0.25, 0.3) is 5.91 Å². The van der Waals surface area contributed by atoms with Gasteiger partial charge >= 0.3 is 0 Å². The van der Waals surface area contributed by atoms with Crippen LogP contribution in [0.2, 0.25) is 0 Å². The fourth-order valence-corrected chi connectivity index (χ4v) is 3.02. The van der Waals surface area contributed by atoms with E-state index < -0.39 is 0 Å². The molecule has 1 saturated heterocycles. The Morgan fingerprint density at radius 1 is 1.17 bits per heavy atom. The number of benzene rings is 2. The van der Waals surface area contributed by atoms with Crippen molar-refractivity contribution in [2.75, 3.05) is 51.8 Å². The molecule has 7 heteroatoms. The zero-order chi connectivity index (χ0) is 20.5. The van der Waals surface area contributed by atoms with Gasteiger partial charge in [0.15, 0.2) is 0 Å². The van der Waals surface area contributed by atoms with Gasteiger partial charge in [-0.3, -0.25) is 20.0 Å². The first-order valence-electron chi connectivity index (χ1n) is 9.78. The number of nitrogens with zero attached hydrogens (tertiary/aromatic N) is 2. The van der Waals surface area contributed by atoms with Crippen molar-refractivity contribution in [3.8, 4) is 5.75 Å². The SMILES string of the molecule is COc1cccc(C(=O)NC(=NCCN2CCOCC2)Nc2ccccc2C)c1. The van der Waals surface area contributed by atoms with Crippen LogP contribution in [0.25, 0.3) is 0 Å². The number of aliphatic imine (C=N–C) groups is 1. The maximum absolute atomic E-state index is 12.7. The highest BCUT2D eigenvalue weighted by Crippen LogP contribution is 2.14. The summed E-state index contributed by atoms with van der Waals surface area (Å²) in [7, 11) is 1.58. The van der Waals surface area contributed by atoms with Gasteiger partial charge in [0.05, 0.1) is 26.9 Å². The third-order valence-corrected chi connectivity index (χ3v) is 4.75. The van der Waals surface area contributed by atoms with Crippen molar-refractivity contribution < 1.29 is 14.3 Å². The van der Waals surface area contributed by atoms with Gasteiger partial charge in [-0.15, -0.1) is 0 Å². The van der Waals surface area contributed by atoms with Crippen LogP contribution in [-0.2, 0) is 4.74 Å². The number of carbonyl (C=O) groups is 1. The average Bonchev–Trinajstić information content (AvgIpc) is 2.76. The topological polar surface area (TPSA) is 75.2 Å². The fraction of sp³-hybridized carbons (Fsp3) is 0.364. The zero-order valence-electron chi connectivity index (χ0n) is 17.0. The molecule has 154 valence electrons. The Morgan fingerprint density at radius 3 is 2.72 bits per heavy atom. The van der Waals surface area contributed by atoms with Gasteiger partial charge in [0.1, 0.15) is 5.75 Å². The minimum atomic E-state index is -0.241. The lowest BCUT2D eigenvalue weighted by molar-refractivity contribution is 0.0394. The molecule has 0 aliphatic carbocycles. The second-order valence-corrected chi connectivity index (χ2v) is 6.81. The molecule has 0 spiro atoms. The minimum absolute atomic E-state index is 0.241. The standard InChI is InChI=1S/C22H28N4O3/c1-17-6-3-4-9-20(17)24-22(23-10-11-26-12-14-29-15-13-26)25-21(27)18-7-5-8-19(16-18)28-2/h3-9,16H,10-15H2,1-2H3,(H2,23,24,25,27). The van der Waals surface area contributed by atoms with E-state index >= 15 is 0 Å². The normalized spacial score (nSPS) is 15.0. The van der Waals surface area contributed by atoms with Crippen LogP contribution in [0, 0.1) is 6.92 Å². The molecule has 7 nitrogen and oxygen atoms in total. The number of nitrogens with one attached hydrogen (secondary N) is 2. The summed E-state index contributed by atoms with van der Waals surface area (Å²) in [6.45, 7) is 6.73. The Hall–Kier alpha value is -2.90. The lowest BCUT2D eigenvalue weighted by atomic mass is 10.2. The number of methoxy groups -OCH3 is 1. The van der Waals surface area contributed by atoms with Crippen molar-refractivity contribution in [1.29, 1.82) is 0 Å². The largest absolute Gasteiger partial charge is 0.497 e. The number of carbonyl (C=O) groups excluding carboxylic acids is 1. The van der Waals surface area contributed by atoms with E-state index in [1.807, 2.05) is 31.2 Å². The monoisotopic (exact) mass is 396 g/mol. The van der Waals surface area contributed by atoms with Crippen molar-refractivity contribution in [2.24, 2.45) is 4.99 Å². The first-order chi connectivity index (χ1) is 14.2. The summed E-state index contributed by atoms with van der Waals surface area (Å²) in [6, 6.07) is 14.9. The molecule has 2 aromatic carbocycles. The number of aryl methyl sites for hydroxylation is 1. The molecule has 1 heterocycles. The van der Waals surface area contributed by atoms with Crippen molar-refractivity contribution in [2.45, 2.75) is 6.92 Å². The van der Waals surface area contributed by atoms with Crippen LogP contribution < -0.4 is 15.4 Å². The Kier molecular flexibility index (Phi) is 7.61. The van der Waals surface area contributed by atoms with Crippen molar-refractivity contribution >= 4 is 17.6 Å². The highest BCUT2D eigenvalue weighted by atomic mass is 16.5. The van der Waals surface area contributed by atoms with E-state index in [0.717, 1.165) is 44.1 Å². The molecule has 0 atom stereocenters. The van der Waals surface area contributed by atoms with E-state index in [-0.39, 0.29) is 5.91 Å². The molecule has 0 bridgehead atoms. The smallest absolute Gasteiger partial charge is 0.258 e. The van der Waals surface area contributed by atoms with Crippen LogP contribution in [0.1, 0.15) is 15.9 Å². The molecule has 2 aromatic rings. The Labute approximate surface area is 171 Å². The summed E-state index contributed by atoms with van der Waals surface area (Å²) in [5.74, 6) is 0.825. The predicted molar refractivity (Wildman–Crippen MR) is 115 cm³/mol. The molecular formula is C22H28N4O3. The van der Waals surface area contributed by atoms with Gasteiger partial charge < -0.3 is 14.8 Å². The highest BCUT2D eigenvalue weighted by Gasteiger charge is 2.12. The molecule has 1 amide bonds. The number of ether oxygens (including phenoxy) is 2. The molecule has 0 aromatic heterocycles. The van der Waals surface area contributed by atoms with E-state index in [4.69, 9.17) is 9.47 Å². The summed E-state index contributed by atoms with van der Waals surface area (Å²) in [4.78, 5) is 19.7. The predicted octanol–water partition coefficient (Wildman–Crippen LogP) is 2.53. The lowest BCUT2D eigenvalue weighted by Crippen LogP contribution is -2.39. The van der Waals surface area contributed by atoms with Gasteiger partial charge in [0, 0.05) is 30.9 Å². The van der Waals surface area contributed by atoms with Crippen LogP contribution in [0.15, 0.2) is 53.5 Å². The molecule has 0 saturated carbocycles. The lowest BCUT2D eigenvalue weighted by Gasteiger charge is -2.25. The summed E-state index contributed by atoms with van der Waals surface area (Å²) >= 11 is 0. The van der Waals surface area contributed by atoms with Crippen molar-refractivity contribution in [3.05, 3.63) is 59.7 Å². The van der Waals surface area contributed by atoms with E-state index in [9.17, 15) is 4.79 Å². The number of para-hydroxylation sites is 1.